The first kappa shape index (κ1) is 26.2. The van der Waals surface area contributed by atoms with Gasteiger partial charge in [0.1, 0.15) is 5.54 Å². The molecule has 0 bridgehead atoms. The van der Waals surface area contributed by atoms with Crippen LogP contribution in [0.25, 0.3) is 0 Å². The lowest BCUT2D eigenvalue weighted by Crippen LogP contribution is -2.73. The van der Waals surface area contributed by atoms with Crippen molar-refractivity contribution in [2.24, 2.45) is 22.6 Å². The Balaban J connectivity index is 0.000000365. The lowest BCUT2D eigenvalue weighted by Gasteiger charge is -2.46. The molecule has 0 aromatic heterocycles. The van der Waals surface area contributed by atoms with Gasteiger partial charge in [-0.3, -0.25) is 19.2 Å². The van der Waals surface area contributed by atoms with Crippen LogP contribution in [0.5, 0.6) is 0 Å². The van der Waals surface area contributed by atoms with Crippen molar-refractivity contribution in [3.05, 3.63) is 35.9 Å². The molecule has 2 fully saturated rings. The largest absolute Gasteiger partial charge is 0.370 e. The highest BCUT2D eigenvalue weighted by Gasteiger charge is 2.67. The smallest absolute Gasteiger partial charge is 0.248 e. The SMILES string of the molecule is CC1(C#N)CC2(CNC2=O)N(C(=O)C(N)CS)C1c1ccccc1.NC(=O)CCCC(N)=O. The van der Waals surface area contributed by atoms with Gasteiger partial charge in [0, 0.05) is 25.0 Å². The second-order valence-corrected chi connectivity index (χ2v) is 8.88. The topological polar surface area (TPSA) is 185 Å². The van der Waals surface area contributed by atoms with E-state index in [9.17, 15) is 24.4 Å². The fourth-order valence-electron chi connectivity index (χ4n) is 4.31. The summed E-state index contributed by atoms with van der Waals surface area (Å²) in [5, 5.41) is 12.5. The van der Waals surface area contributed by atoms with Crippen molar-refractivity contribution in [1.29, 1.82) is 5.26 Å². The number of nitrogens with one attached hydrogen (secondary N) is 1. The maximum Gasteiger partial charge on any atom is 0.248 e. The van der Waals surface area contributed by atoms with E-state index in [1.807, 2.05) is 30.3 Å². The monoisotopic (exact) mass is 474 g/mol. The molecule has 2 aliphatic rings. The number of rotatable bonds is 7. The number of nitrogens with two attached hydrogens (primary N) is 3. The molecule has 33 heavy (non-hydrogen) atoms. The molecule has 7 N–H and O–H groups in total. The first-order valence-corrected chi connectivity index (χ1v) is 11.2. The average molecular weight is 475 g/mol. The lowest BCUT2D eigenvalue weighted by molar-refractivity contribution is -0.154. The van der Waals surface area contributed by atoms with E-state index in [1.165, 1.54) is 0 Å². The van der Waals surface area contributed by atoms with Crippen molar-refractivity contribution >= 4 is 36.3 Å². The van der Waals surface area contributed by atoms with Crippen molar-refractivity contribution in [3.63, 3.8) is 0 Å². The molecule has 1 aromatic carbocycles. The molecule has 2 aliphatic heterocycles. The minimum Gasteiger partial charge on any atom is -0.370 e. The van der Waals surface area contributed by atoms with Crippen LogP contribution >= 0.6 is 12.6 Å². The van der Waals surface area contributed by atoms with E-state index < -0.39 is 34.9 Å². The molecule has 0 saturated carbocycles. The van der Waals surface area contributed by atoms with E-state index in [0.29, 0.717) is 19.4 Å². The third kappa shape index (κ3) is 5.46. The summed E-state index contributed by atoms with van der Waals surface area (Å²) >= 11 is 4.12. The number of likely N-dealkylation sites (tertiary alicyclic amines) is 1. The predicted molar refractivity (Wildman–Crippen MR) is 124 cm³/mol. The highest BCUT2D eigenvalue weighted by molar-refractivity contribution is 7.80. The van der Waals surface area contributed by atoms with Crippen molar-refractivity contribution in [2.75, 3.05) is 12.3 Å². The molecule has 0 radical (unpaired) electrons. The molecule has 1 aromatic rings. The van der Waals surface area contributed by atoms with E-state index in [4.69, 9.17) is 17.2 Å². The average Bonchev–Trinajstić information content (AvgIpc) is 3.09. The van der Waals surface area contributed by atoms with Crippen LogP contribution in [0.1, 0.15) is 44.2 Å². The first-order chi connectivity index (χ1) is 15.5. The van der Waals surface area contributed by atoms with Crippen LogP contribution in [0.2, 0.25) is 0 Å². The van der Waals surface area contributed by atoms with Crippen molar-refractivity contribution in [1.82, 2.24) is 10.2 Å². The molecule has 4 atom stereocenters. The Morgan fingerprint density at radius 2 is 1.82 bits per heavy atom. The van der Waals surface area contributed by atoms with Crippen LogP contribution in [0.15, 0.2) is 30.3 Å². The zero-order valence-electron chi connectivity index (χ0n) is 18.5. The summed E-state index contributed by atoms with van der Waals surface area (Å²) in [6, 6.07) is 10.4. The van der Waals surface area contributed by atoms with Crippen molar-refractivity contribution in [3.8, 4) is 6.07 Å². The van der Waals surface area contributed by atoms with Gasteiger partial charge >= 0.3 is 0 Å². The highest BCUT2D eigenvalue weighted by Crippen LogP contribution is 2.56. The Bertz CT molecular complexity index is 938. The number of benzene rings is 1. The summed E-state index contributed by atoms with van der Waals surface area (Å²) < 4.78 is 0. The number of primary amides is 2. The number of nitrogens with zero attached hydrogens (tertiary/aromatic N) is 2. The molecule has 1 spiro atoms. The molecule has 178 valence electrons. The van der Waals surface area contributed by atoms with Gasteiger partial charge in [0.15, 0.2) is 0 Å². The third-order valence-electron chi connectivity index (χ3n) is 5.91. The molecule has 0 aliphatic carbocycles. The lowest BCUT2D eigenvalue weighted by atomic mass is 9.75. The Morgan fingerprint density at radius 3 is 2.21 bits per heavy atom. The second-order valence-electron chi connectivity index (χ2n) is 8.52. The minimum absolute atomic E-state index is 0.178. The molecule has 10 nitrogen and oxygen atoms in total. The predicted octanol–water partition coefficient (Wildman–Crippen LogP) is -0.257. The zero-order valence-corrected chi connectivity index (χ0v) is 19.4. The van der Waals surface area contributed by atoms with Gasteiger partial charge in [0.05, 0.1) is 30.1 Å². The van der Waals surface area contributed by atoms with Crippen LogP contribution in [-0.2, 0) is 19.2 Å². The molecule has 2 saturated heterocycles. The molecular weight excluding hydrogens is 444 g/mol. The fraction of sp³-hybridized carbons (Fsp3) is 0.500. The number of nitriles is 1. The summed E-state index contributed by atoms with van der Waals surface area (Å²) in [7, 11) is 0. The van der Waals surface area contributed by atoms with E-state index in [-0.39, 0.29) is 30.4 Å². The van der Waals surface area contributed by atoms with E-state index >= 15 is 0 Å². The van der Waals surface area contributed by atoms with Gasteiger partial charge in [0.2, 0.25) is 23.6 Å². The van der Waals surface area contributed by atoms with Gasteiger partial charge in [-0.05, 0) is 18.9 Å². The summed E-state index contributed by atoms with van der Waals surface area (Å²) in [5.74, 6) is -1.17. The maximum absolute atomic E-state index is 13.0. The van der Waals surface area contributed by atoms with E-state index in [0.717, 1.165) is 5.56 Å². The summed E-state index contributed by atoms with van der Waals surface area (Å²) in [6.07, 6.45) is 1.24. The Hall–Kier alpha value is -3.10. The van der Waals surface area contributed by atoms with Crippen LogP contribution in [-0.4, -0.2) is 52.4 Å². The van der Waals surface area contributed by atoms with Crippen LogP contribution < -0.4 is 22.5 Å². The Labute approximate surface area is 198 Å². The van der Waals surface area contributed by atoms with Gasteiger partial charge in [-0.15, -0.1) is 0 Å². The number of hydrogen-bond donors (Lipinski definition) is 5. The van der Waals surface area contributed by atoms with Crippen molar-refractivity contribution < 1.29 is 19.2 Å². The molecule has 2 heterocycles. The van der Waals surface area contributed by atoms with E-state index in [2.05, 4.69) is 24.0 Å². The fourth-order valence-corrected chi connectivity index (χ4v) is 4.46. The zero-order chi connectivity index (χ0) is 24.8. The Morgan fingerprint density at radius 1 is 1.24 bits per heavy atom. The van der Waals surface area contributed by atoms with Crippen LogP contribution in [0.4, 0.5) is 0 Å². The number of amides is 4. The van der Waals surface area contributed by atoms with Crippen LogP contribution in [0, 0.1) is 16.7 Å². The molecule has 4 amide bonds. The first-order valence-electron chi connectivity index (χ1n) is 10.5. The van der Waals surface area contributed by atoms with Crippen molar-refractivity contribution in [2.45, 2.75) is 50.2 Å². The molecule has 11 heteroatoms. The third-order valence-corrected chi connectivity index (χ3v) is 6.31. The maximum atomic E-state index is 13.0. The second kappa shape index (κ2) is 10.7. The van der Waals surface area contributed by atoms with Gasteiger partial charge in [-0.25, -0.2) is 0 Å². The molecule has 4 unspecified atom stereocenters. The van der Waals surface area contributed by atoms with Crippen LogP contribution in [0.3, 0.4) is 0 Å². The minimum atomic E-state index is -0.997. The quantitative estimate of drug-likeness (QED) is 0.268. The Kier molecular flexibility index (Phi) is 8.46. The number of β-lactam (4-membered cyclic amide) rings is 1. The number of thiol groups is 1. The summed E-state index contributed by atoms with van der Waals surface area (Å²) in [5.41, 5.74) is 14.5. The molecule has 3 rings (SSSR count). The number of hydrogen-bond acceptors (Lipinski definition) is 7. The number of carbonyl (C=O) groups excluding carboxylic acids is 4. The van der Waals surface area contributed by atoms with Gasteiger partial charge in [-0.2, -0.15) is 17.9 Å². The highest BCUT2D eigenvalue weighted by atomic mass is 32.1. The molecular formula is C22H30N6O4S. The van der Waals surface area contributed by atoms with Gasteiger partial charge < -0.3 is 27.4 Å². The summed E-state index contributed by atoms with van der Waals surface area (Å²) in [6.45, 7) is 2.15. The van der Waals surface area contributed by atoms with Gasteiger partial charge in [-0.1, -0.05) is 30.3 Å². The summed E-state index contributed by atoms with van der Waals surface area (Å²) in [4.78, 5) is 47.0. The normalized spacial score (nSPS) is 26.3. The number of carbonyl (C=O) groups is 4. The van der Waals surface area contributed by atoms with E-state index in [1.54, 1.807) is 11.8 Å². The van der Waals surface area contributed by atoms with Gasteiger partial charge in [0.25, 0.3) is 0 Å². The standard InChI is InChI=1S/C17H20N4O2S.C5H10N2O2/c1-16(9-18)8-17(10-20-15(17)23)21(14(22)12(19)7-24)13(16)11-5-3-2-4-6-11;6-4(8)2-1-3-5(7)9/h2-6,12-13,24H,7-8,10,19H2,1H3,(H,20,23);1-3H2,(H2,6,8)(H2,7,9).